The van der Waals surface area contributed by atoms with Gasteiger partial charge in [-0.25, -0.2) is 4.98 Å². The van der Waals surface area contributed by atoms with Crippen molar-refractivity contribution in [3.8, 4) is 0 Å². The van der Waals surface area contributed by atoms with Crippen molar-refractivity contribution in [2.45, 2.75) is 26.4 Å². The molecule has 0 aliphatic carbocycles. The minimum absolute atomic E-state index is 0. The number of aliphatic hydroxyl groups excluding tert-OH is 1. The molecule has 1 aromatic heterocycles. The average molecular weight is 489 g/mol. The largest absolute Gasteiger partial charge is 0.386 e. The number of aliphatic imine (C=N–C) groups is 1. The molecule has 1 atom stereocenters. The van der Waals surface area contributed by atoms with Gasteiger partial charge >= 0.3 is 0 Å². The Morgan fingerprint density at radius 2 is 2.08 bits per heavy atom. The SMILES string of the molecule is CCNC(=NCC(O)c1cccc(C)c1)NCCc1ccc(Cl)nc1.I. The van der Waals surface area contributed by atoms with Crippen LogP contribution in [0.5, 0.6) is 0 Å². The van der Waals surface area contributed by atoms with Gasteiger partial charge in [0, 0.05) is 19.3 Å². The molecule has 26 heavy (non-hydrogen) atoms. The number of aromatic nitrogens is 1. The van der Waals surface area contributed by atoms with E-state index in [-0.39, 0.29) is 24.0 Å². The minimum Gasteiger partial charge on any atom is -0.386 e. The molecule has 0 spiro atoms. The Balaban J connectivity index is 0.00000338. The number of nitrogens with one attached hydrogen (secondary N) is 2. The Morgan fingerprint density at radius 3 is 2.73 bits per heavy atom. The van der Waals surface area contributed by atoms with Gasteiger partial charge in [-0.05, 0) is 37.5 Å². The lowest BCUT2D eigenvalue weighted by molar-refractivity contribution is 0.187. The molecule has 2 aromatic rings. The van der Waals surface area contributed by atoms with Crippen molar-refractivity contribution in [1.82, 2.24) is 15.6 Å². The van der Waals surface area contributed by atoms with Gasteiger partial charge in [0.05, 0.1) is 12.6 Å². The Labute approximate surface area is 177 Å². The van der Waals surface area contributed by atoms with Crippen LogP contribution < -0.4 is 10.6 Å². The van der Waals surface area contributed by atoms with Crippen molar-refractivity contribution in [3.05, 3.63) is 64.4 Å². The molecule has 1 heterocycles. The summed E-state index contributed by atoms with van der Waals surface area (Å²) in [5.41, 5.74) is 3.11. The molecule has 0 aliphatic rings. The summed E-state index contributed by atoms with van der Waals surface area (Å²) in [7, 11) is 0. The standard InChI is InChI=1S/C19H25ClN4O.HI/c1-3-21-19(22-10-9-15-7-8-18(20)23-12-15)24-13-17(25)16-6-4-5-14(2)11-16;/h4-8,11-12,17,25H,3,9-10,13H2,1-2H3,(H2,21,22,24);1H. The third-order valence-corrected chi connectivity index (χ3v) is 3.91. The van der Waals surface area contributed by atoms with E-state index in [1.165, 1.54) is 0 Å². The summed E-state index contributed by atoms with van der Waals surface area (Å²) in [5.74, 6) is 0.691. The van der Waals surface area contributed by atoms with E-state index in [0.29, 0.717) is 17.7 Å². The van der Waals surface area contributed by atoms with Crippen LogP contribution in [0.2, 0.25) is 5.15 Å². The number of pyridine rings is 1. The van der Waals surface area contributed by atoms with Gasteiger partial charge in [-0.2, -0.15) is 0 Å². The Kier molecular flexibility index (Phi) is 10.5. The third-order valence-electron chi connectivity index (χ3n) is 3.69. The van der Waals surface area contributed by atoms with E-state index in [2.05, 4.69) is 20.6 Å². The number of rotatable bonds is 7. The molecular weight excluding hydrogens is 463 g/mol. The first-order valence-corrected chi connectivity index (χ1v) is 8.83. The molecule has 2 rings (SSSR count). The van der Waals surface area contributed by atoms with Crippen molar-refractivity contribution in [3.63, 3.8) is 0 Å². The van der Waals surface area contributed by atoms with Gasteiger partial charge in [-0.15, -0.1) is 24.0 Å². The quantitative estimate of drug-likeness (QED) is 0.242. The Morgan fingerprint density at radius 1 is 1.27 bits per heavy atom. The summed E-state index contributed by atoms with van der Waals surface area (Å²) in [4.78, 5) is 8.54. The molecule has 0 bridgehead atoms. The average Bonchev–Trinajstić information content (AvgIpc) is 2.61. The van der Waals surface area contributed by atoms with Crippen molar-refractivity contribution in [2.24, 2.45) is 4.99 Å². The number of nitrogens with zero attached hydrogens (tertiary/aromatic N) is 2. The minimum atomic E-state index is -0.615. The molecule has 1 aromatic carbocycles. The first kappa shape index (κ1) is 22.7. The summed E-state index contributed by atoms with van der Waals surface area (Å²) in [6.07, 6.45) is 1.97. The van der Waals surface area contributed by atoms with Crippen molar-refractivity contribution >= 4 is 41.5 Å². The lowest BCUT2D eigenvalue weighted by Gasteiger charge is -2.13. The highest BCUT2D eigenvalue weighted by molar-refractivity contribution is 14.0. The summed E-state index contributed by atoms with van der Waals surface area (Å²) in [6, 6.07) is 11.6. The van der Waals surface area contributed by atoms with E-state index in [0.717, 1.165) is 36.2 Å². The lowest BCUT2D eigenvalue weighted by Crippen LogP contribution is -2.38. The van der Waals surface area contributed by atoms with Crippen LogP contribution in [0.3, 0.4) is 0 Å². The highest BCUT2D eigenvalue weighted by atomic mass is 127. The third kappa shape index (κ3) is 7.88. The van der Waals surface area contributed by atoms with Crippen LogP contribution in [0.15, 0.2) is 47.6 Å². The molecule has 0 saturated carbocycles. The number of halogens is 2. The molecule has 0 radical (unpaired) electrons. The van der Waals surface area contributed by atoms with Gasteiger partial charge in [0.2, 0.25) is 0 Å². The van der Waals surface area contributed by atoms with Crippen molar-refractivity contribution in [1.29, 1.82) is 0 Å². The van der Waals surface area contributed by atoms with Crippen LogP contribution in [0.25, 0.3) is 0 Å². The molecule has 5 nitrogen and oxygen atoms in total. The second-order valence-corrected chi connectivity index (χ2v) is 6.20. The van der Waals surface area contributed by atoms with E-state index in [9.17, 15) is 5.11 Å². The van der Waals surface area contributed by atoms with Crippen molar-refractivity contribution in [2.75, 3.05) is 19.6 Å². The van der Waals surface area contributed by atoms with Gasteiger partial charge in [0.1, 0.15) is 5.15 Å². The van der Waals surface area contributed by atoms with Gasteiger partial charge in [0.15, 0.2) is 5.96 Å². The van der Waals surface area contributed by atoms with Crippen LogP contribution in [0.4, 0.5) is 0 Å². The van der Waals surface area contributed by atoms with Gasteiger partial charge < -0.3 is 15.7 Å². The monoisotopic (exact) mass is 488 g/mol. The maximum Gasteiger partial charge on any atom is 0.191 e. The molecule has 0 aliphatic heterocycles. The lowest BCUT2D eigenvalue weighted by atomic mass is 10.1. The maximum absolute atomic E-state index is 10.3. The van der Waals surface area contributed by atoms with E-state index in [1.54, 1.807) is 12.3 Å². The predicted molar refractivity (Wildman–Crippen MR) is 118 cm³/mol. The zero-order chi connectivity index (χ0) is 18.1. The number of benzene rings is 1. The fourth-order valence-corrected chi connectivity index (χ4v) is 2.49. The van der Waals surface area contributed by atoms with Crippen LogP contribution in [0.1, 0.15) is 29.7 Å². The smallest absolute Gasteiger partial charge is 0.191 e. The van der Waals surface area contributed by atoms with Crippen molar-refractivity contribution < 1.29 is 5.11 Å². The van der Waals surface area contributed by atoms with Crippen LogP contribution >= 0.6 is 35.6 Å². The van der Waals surface area contributed by atoms with E-state index in [1.807, 2.05) is 44.2 Å². The second kappa shape index (κ2) is 12.1. The van der Waals surface area contributed by atoms with Gasteiger partial charge in [-0.1, -0.05) is 47.5 Å². The first-order valence-electron chi connectivity index (χ1n) is 8.45. The topological polar surface area (TPSA) is 69.5 Å². The number of hydrogen-bond donors (Lipinski definition) is 3. The second-order valence-electron chi connectivity index (χ2n) is 5.82. The van der Waals surface area contributed by atoms with E-state index in [4.69, 9.17) is 11.6 Å². The van der Waals surface area contributed by atoms with Crippen LogP contribution in [0, 0.1) is 6.92 Å². The molecule has 0 saturated heterocycles. The number of hydrogen-bond acceptors (Lipinski definition) is 3. The van der Waals surface area contributed by atoms with E-state index < -0.39 is 6.10 Å². The fourth-order valence-electron chi connectivity index (χ4n) is 2.38. The summed E-state index contributed by atoms with van der Waals surface area (Å²) >= 11 is 5.79. The Hall–Kier alpha value is -1.38. The fraction of sp³-hybridized carbons (Fsp3) is 0.368. The normalized spacial score (nSPS) is 12.2. The highest BCUT2D eigenvalue weighted by Crippen LogP contribution is 2.14. The predicted octanol–water partition coefficient (Wildman–Crippen LogP) is 3.49. The molecular formula is C19H26ClIN4O. The van der Waals surface area contributed by atoms with E-state index >= 15 is 0 Å². The zero-order valence-electron chi connectivity index (χ0n) is 15.1. The Bertz CT molecular complexity index is 694. The molecule has 0 fully saturated rings. The summed E-state index contributed by atoms with van der Waals surface area (Å²) in [6.45, 7) is 5.81. The molecule has 1 unspecified atom stereocenters. The molecule has 0 amide bonds. The number of aliphatic hydroxyl groups is 1. The molecule has 3 N–H and O–H groups in total. The summed E-state index contributed by atoms with van der Waals surface area (Å²) in [5, 5.41) is 17.3. The van der Waals surface area contributed by atoms with Gasteiger partial charge in [0.25, 0.3) is 0 Å². The summed E-state index contributed by atoms with van der Waals surface area (Å²) < 4.78 is 0. The van der Waals surface area contributed by atoms with Crippen LogP contribution in [-0.2, 0) is 6.42 Å². The van der Waals surface area contributed by atoms with Gasteiger partial charge in [-0.3, -0.25) is 4.99 Å². The molecule has 7 heteroatoms. The zero-order valence-corrected chi connectivity index (χ0v) is 18.2. The maximum atomic E-state index is 10.3. The number of aryl methyl sites for hydroxylation is 1. The molecule has 142 valence electrons. The van der Waals surface area contributed by atoms with Crippen LogP contribution in [-0.4, -0.2) is 35.7 Å². The highest BCUT2D eigenvalue weighted by Gasteiger charge is 2.07. The number of guanidine groups is 1. The first-order chi connectivity index (χ1) is 12.1.